The number of aromatic nitrogens is 3. The minimum absolute atomic E-state index is 0.0202. The number of amides is 1. The van der Waals surface area contributed by atoms with Crippen LogP contribution in [0.1, 0.15) is 74.4 Å². The number of hydrogen-bond acceptors (Lipinski definition) is 8. The van der Waals surface area contributed by atoms with E-state index in [0.717, 1.165) is 37.8 Å². The summed E-state index contributed by atoms with van der Waals surface area (Å²) >= 11 is 1.40. The standard InChI is InChI=1S/C31H35F4N5O4S/c1-3-39(14-20-6-4-19(5-7-20)10-27(41)42)29-25(38-24(13-36-29)26-16-45-17-37-26)15-40-18(2)28(44-30(40)43)22-8-21(12-32)9-23(11-22)31(33,34)35/h8-9,11,13,16-20,28H,3-7,10,12,14-15H2,1-2H3,(H,41,42)/t18-,19-,20-,28?/m0/s1. The van der Waals surface area contributed by atoms with Crippen LogP contribution in [-0.2, 0) is 28.9 Å². The number of halogens is 4. The molecule has 3 heterocycles. The molecule has 1 aliphatic heterocycles. The van der Waals surface area contributed by atoms with Crippen molar-refractivity contribution in [3.05, 3.63) is 57.7 Å². The van der Waals surface area contributed by atoms with Gasteiger partial charge in [0.05, 0.1) is 29.9 Å². The molecular weight excluding hydrogens is 614 g/mol. The van der Waals surface area contributed by atoms with Gasteiger partial charge in [0.25, 0.3) is 0 Å². The molecule has 2 atom stereocenters. The zero-order chi connectivity index (χ0) is 32.3. The molecule has 45 heavy (non-hydrogen) atoms. The Morgan fingerprint density at radius 2 is 1.87 bits per heavy atom. The molecule has 1 amide bonds. The first-order chi connectivity index (χ1) is 21.5. The fourth-order valence-corrected chi connectivity index (χ4v) is 6.79. The van der Waals surface area contributed by atoms with Crippen molar-refractivity contribution in [1.29, 1.82) is 0 Å². The Bertz CT molecular complexity index is 1500. The Morgan fingerprint density at radius 1 is 1.13 bits per heavy atom. The minimum atomic E-state index is -4.69. The largest absolute Gasteiger partial charge is 0.481 e. The summed E-state index contributed by atoms with van der Waals surface area (Å²) in [6.07, 6.45) is -1.18. The van der Waals surface area contributed by atoms with Gasteiger partial charge < -0.3 is 14.7 Å². The fourth-order valence-electron chi connectivity index (χ4n) is 6.24. The maximum Gasteiger partial charge on any atom is 0.416 e. The minimum Gasteiger partial charge on any atom is -0.481 e. The van der Waals surface area contributed by atoms with Gasteiger partial charge in [0.15, 0.2) is 5.82 Å². The van der Waals surface area contributed by atoms with E-state index >= 15 is 0 Å². The number of nitrogens with zero attached hydrogens (tertiary/aromatic N) is 5. The molecule has 1 aromatic carbocycles. The summed E-state index contributed by atoms with van der Waals surface area (Å²) in [4.78, 5) is 41.8. The average molecular weight is 650 g/mol. The molecule has 3 aromatic rings. The molecule has 1 aliphatic carbocycles. The molecular formula is C31H35F4N5O4S. The van der Waals surface area contributed by atoms with Crippen molar-refractivity contribution >= 4 is 29.2 Å². The molecule has 1 saturated heterocycles. The molecule has 1 N–H and O–H groups in total. The third-order valence-electron chi connectivity index (χ3n) is 8.64. The van der Waals surface area contributed by atoms with Crippen LogP contribution in [0.4, 0.5) is 28.2 Å². The van der Waals surface area contributed by atoms with Gasteiger partial charge in [0.2, 0.25) is 0 Å². The summed E-state index contributed by atoms with van der Waals surface area (Å²) in [7, 11) is 0. The van der Waals surface area contributed by atoms with Crippen LogP contribution in [0, 0.1) is 11.8 Å². The van der Waals surface area contributed by atoms with Gasteiger partial charge in [-0.25, -0.2) is 24.1 Å². The maximum atomic E-state index is 13.6. The number of carboxylic acid groups (broad SMARTS) is 1. The molecule has 9 nitrogen and oxygen atoms in total. The molecule has 2 fully saturated rings. The lowest BCUT2D eigenvalue weighted by Gasteiger charge is -2.33. The molecule has 1 saturated carbocycles. The van der Waals surface area contributed by atoms with Crippen LogP contribution >= 0.6 is 11.3 Å². The number of benzene rings is 1. The van der Waals surface area contributed by atoms with Crippen LogP contribution in [0.25, 0.3) is 11.4 Å². The van der Waals surface area contributed by atoms with E-state index in [1.54, 1.807) is 18.6 Å². The number of anilines is 1. The predicted octanol–water partition coefficient (Wildman–Crippen LogP) is 7.28. The Morgan fingerprint density at radius 3 is 2.49 bits per heavy atom. The van der Waals surface area contributed by atoms with E-state index < -0.39 is 42.6 Å². The molecule has 0 bridgehead atoms. The SMILES string of the molecule is CCN(C[C@H]1CC[C@H](CC(=O)O)CC1)c1ncc(-c2cscn2)nc1CN1C(=O)OC(c2cc(CF)cc(C(F)(F)F)c2)[C@@H]1C. The number of ether oxygens (including phenoxy) is 1. The third kappa shape index (κ3) is 7.54. The van der Waals surface area contributed by atoms with E-state index in [0.29, 0.717) is 41.9 Å². The van der Waals surface area contributed by atoms with E-state index in [-0.39, 0.29) is 30.0 Å². The monoisotopic (exact) mass is 649 g/mol. The summed E-state index contributed by atoms with van der Waals surface area (Å²) in [5, 5.41) is 11.0. The zero-order valence-corrected chi connectivity index (χ0v) is 25.8. The Balaban J connectivity index is 1.41. The van der Waals surface area contributed by atoms with Crippen molar-refractivity contribution in [2.24, 2.45) is 11.8 Å². The Labute approximate surface area is 262 Å². The van der Waals surface area contributed by atoms with Crippen LogP contribution in [-0.4, -0.2) is 56.2 Å². The number of carbonyl (C=O) groups is 2. The van der Waals surface area contributed by atoms with Crippen molar-refractivity contribution in [1.82, 2.24) is 19.9 Å². The number of alkyl halides is 4. The Hall–Kier alpha value is -3.81. The molecule has 0 radical (unpaired) electrons. The quantitative estimate of drug-likeness (QED) is 0.216. The number of carboxylic acids is 1. The summed E-state index contributed by atoms with van der Waals surface area (Å²) < 4.78 is 59.8. The van der Waals surface area contributed by atoms with Gasteiger partial charge in [-0.2, -0.15) is 13.2 Å². The zero-order valence-electron chi connectivity index (χ0n) is 25.0. The van der Waals surface area contributed by atoms with Crippen molar-refractivity contribution in [2.45, 2.75) is 77.5 Å². The number of aliphatic carboxylic acids is 1. The van der Waals surface area contributed by atoms with Gasteiger partial charge in [-0.05, 0) is 80.7 Å². The van der Waals surface area contributed by atoms with E-state index in [2.05, 4.69) is 9.88 Å². The lowest BCUT2D eigenvalue weighted by Crippen LogP contribution is -2.36. The number of thiazole rings is 1. The van der Waals surface area contributed by atoms with Crippen molar-refractivity contribution in [3.63, 3.8) is 0 Å². The molecule has 14 heteroatoms. The Kier molecular flexibility index (Phi) is 9.90. The van der Waals surface area contributed by atoms with Gasteiger partial charge >= 0.3 is 18.2 Å². The van der Waals surface area contributed by atoms with Gasteiger partial charge in [0, 0.05) is 24.9 Å². The third-order valence-corrected chi connectivity index (χ3v) is 9.23. The lowest BCUT2D eigenvalue weighted by atomic mass is 9.80. The van der Waals surface area contributed by atoms with Gasteiger partial charge in [-0.1, -0.05) is 0 Å². The van der Waals surface area contributed by atoms with Gasteiger partial charge in [-0.15, -0.1) is 11.3 Å². The van der Waals surface area contributed by atoms with Crippen LogP contribution in [0.3, 0.4) is 0 Å². The number of hydrogen-bond donors (Lipinski definition) is 1. The molecule has 1 unspecified atom stereocenters. The van der Waals surface area contributed by atoms with E-state index in [1.807, 2.05) is 12.3 Å². The summed E-state index contributed by atoms with van der Waals surface area (Å²) in [6.45, 7) is 3.84. The van der Waals surface area contributed by atoms with E-state index in [9.17, 15) is 27.2 Å². The first kappa shape index (κ1) is 32.6. The second kappa shape index (κ2) is 13.7. The molecule has 5 rings (SSSR count). The second-order valence-corrected chi connectivity index (χ2v) is 12.4. The molecule has 2 aromatic heterocycles. The highest BCUT2D eigenvalue weighted by Crippen LogP contribution is 2.39. The lowest BCUT2D eigenvalue weighted by molar-refractivity contribution is -0.139. The van der Waals surface area contributed by atoms with Crippen LogP contribution < -0.4 is 4.90 Å². The molecule has 0 spiro atoms. The van der Waals surface area contributed by atoms with E-state index in [1.165, 1.54) is 22.3 Å². The maximum absolute atomic E-state index is 13.6. The van der Waals surface area contributed by atoms with E-state index in [4.69, 9.17) is 19.8 Å². The van der Waals surface area contributed by atoms with Crippen LogP contribution in [0.5, 0.6) is 0 Å². The summed E-state index contributed by atoms with van der Waals surface area (Å²) in [5.74, 6) is 0.302. The van der Waals surface area contributed by atoms with Crippen molar-refractivity contribution in [2.75, 3.05) is 18.0 Å². The highest BCUT2D eigenvalue weighted by Gasteiger charge is 2.42. The highest BCUT2D eigenvalue weighted by atomic mass is 32.1. The highest BCUT2D eigenvalue weighted by molar-refractivity contribution is 7.07. The topological polar surface area (TPSA) is 109 Å². The fraction of sp³-hybridized carbons (Fsp3) is 0.516. The summed E-state index contributed by atoms with van der Waals surface area (Å²) in [6, 6.07) is 2.26. The van der Waals surface area contributed by atoms with Crippen LogP contribution in [0.15, 0.2) is 35.3 Å². The first-order valence-corrected chi connectivity index (χ1v) is 15.9. The smallest absolute Gasteiger partial charge is 0.416 e. The van der Waals surface area contributed by atoms with Crippen LogP contribution in [0.2, 0.25) is 0 Å². The average Bonchev–Trinajstić information content (AvgIpc) is 3.65. The van der Waals surface area contributed by atoms with Crippen molar-refractivity contribution < 1.29 is 37.0 Å². The number of rotatable bonds is 11. The normalized spacial score (nSPS) is 22.0. The molecule has 242 valence electrons. The number of carbonyl (C=O) groups excluding carboxylic acids is 1. The summed E-state index contributed by atoms with van der Waals surface area (Å²) in [5.41, 5.74) is 2.21. The first-order valence-electron chi connectivity index (χ1n) is 14.9. The second-order valence-electron chi connectivity index (χ2n) is 11.7. The van der Waals surface area contributed by atoms with Gasteiger partial charge in [-0.3, -0.25) is 9.69 Å². The van der Waals surface area contributed by atoms with Crippen molar-refractivity contribution in [3.8, 4) is 11.4 Å². The predicted molar refractivity (Wildman–Crippen MR) is 159 cm³/mol. The number of cyclic esters (lactones) is 1. The molecule has 2 aliphatic rings. The van der Waals surface area contributed by atoms with Gasteiger partial charge in [0.1, 0.15) is 29.9 Å².